The number of ether oxygens (including phenoxy) is 1. The second kappa shape index (κ2) is 8.82. The summed E-state index contributed by atoms with van der Waals surface area (Å²) in [6.45, 7) is 1.53. The lowest BCUT2D eigenvalue weighted by Gasteiger charge is -2.33. The fourth-order valence-corrected chi connectivity index (χ4v) is 4.40. The van der Waals surface area contributed by atoms with Gasteiger partial charge in [0.1, 0.15) is 11.4 Å². The van der Waals surface area contributed by atoms with Crippen LogP contribution in [0.5, 0.6) is 5.75 Å². The maximum absolute atomic E-state index is 12.9. The molecule has 0 spiro atoms. The van der Waals surface area contributed by atoms with Gasteiger partial charge in [0.05, 0.1) is 17.9 Å². The Morgan fingerprint density at radius 2 is 2.19 bits per heavy atom. The SMILES string of the molecule is NC(=O)c1cc(C(=O)N2CCCC(COc3cccc4c3C(N)=N[S+]([O-])N4)C2)ccn1. The number of carbonyl (C=O) groups is 2. The third-order valence-electron chi connectivity index (χ3n) is 5.20. The van der Waals surface area contributed by atoms with Gasteiger partial charge in [-0.1, -0.05) is 6.07 Å². The number of nitrogens with one attached hydrogen (secondary N) is 1. The zero-order valence-electron chi connectivity index (χ0n) is 16.6. The second-order valence-electron chi connectivity index (χ2n) is 7.37. The molecule has 5 N–H and O–H groups in total. The number of amidine groups is 1. The van der Waals surface area contributed by atoms with E-state index in [1.165, 1.54) is 12.3 Å². The first-order valence-corrected chi connectivity index (χ1v) is 10.9. The van der Waals surface area contributed by atoms with Gasteiger partial charge in [-0.2, -0.15) is 4.72 Å². The molecule has 0 aliphatic carbocycles. The highest BCUT2D eigenvalue weighted by Gasteiger charge is 2.28. The van der Waals surface area contributed by atoms with E-state index in [1.807, 2.05) is 0 Å². The van der Waals surface area contributed by atoms with Gasteiger partial charge in [-0.25, -0.2) is 0 Å². The molecule has 4 rings (SSSR count). The maximum Gasteiger partial charge on any atom is 0.267 e. The molecule has 2 aliphatic rings. The number of likely N-dealkylation sites (tertiary alicyclic amines) is 1. The highest BCUT2D eigenvalue weighted by atomic mass is 32.2. The van der Waals surface area contributed by atoms with Crippen molar-refractivity contribution >= 4 is 34.9 Å². The summed E-state index contributed by atoms with van der Waals surface area (Å²) in [4.78, 5) is 29.9. The van der Waals surface area contributed by atoms with E-state index in [4.69, 9.17) is 16.2 Å². The molecule has 0 saturated carbocycles. The molecular weight excluding hydrogens is 420 g/mol. The van der Waals surface area contributed by atoms with Crippen molar-refractivity contribution in [2.75, 3.05) is 24.4 Å². The fourth-order valence-electron chi connectivity index (χ4n) is 3.73. The predicted octanol–water partition coefficient (Wildman–Crippen LogP) is 0.821. The molecule has 2 aromatic rings. The summed E-state index contributed by atoms with van der Waals surface area (Å²) in [5.41, 5.74) is 12.8. The van der Waals surface area contributed by atoms with E-state index < -0.39 is 17.5 Å². The Morgan fingerprint density at radius 1 is 1.35 bits per heavy atom. The second-order valence-corrected chi connectivity index (χ2v) is 8.26. The molecule has 2 aliphatic heterocycles. The van der Waals surface area contributed by atoms with E-state index >= 15 is 0 Å². The van der Waals surface area contributed by atoms with Gasteiger partial charge in [-0.3, -0.25) is 14.6 Å². The normalized spacial score (nSPS) is 20.3. The van der Waals surface area contributed by atoms with Crippen LogP contribution in [0.15, 0.2) is 40.9 Å². The van der Waals surface area contributed by atoms with Crippen molar-refractivity contribution in [1.29, 1.82) is 0 Å². The number of benzene rings is 1. The summed E-state index contributed by atoms with van der Waals surface area (Å²) >= 11 is -1.60. The van der Waals surface area contributed by atoms with Crippen molar-refractivity contribution in [2.24, 2.45) is 21.8 Å². The van der Waals surface area contributed by atoms with Crippen LogP contribution in [0.1, 0.15) is 39.3 Å². The quantitative estimate of drug-likeness (QED) is 0.578. The van der Waals surface area contributed by atoms with Crippen molar-refractivity contribution in [3.8, 4) is 5.75 Å². The lowest BCUT2D eigenvalue weighted by Crippen LogP contribution is -2.41. The Morgan fingerprint density at radius 3 is 3.00 bits per heavy atom. The van der Waals surface area contributed by atoms with Gasteiger partial charge in [0.15, 0.2) is 5.84 Å². The van der Waals surface area contributed by atoms with Crippen LogP contribution in [0.3, 0.4) is 0 Å². The molecule has 162 valence electrons. The first-order valence-electron chi connectivity index (χ1n) is 9.76. The number of amides is 2. The molecule has 3 heterocycles. The number of aromatic nitrogens is 1. The van der Waals surface area contributed by atoms with Crippen LogP contribution >= 0.6 is 0 Å². The lowest BCUT2D eigenvalue weighted by atomic mass is 9.98. The molecule has 31 heavy (non-hydrogen) atoms. The Hall–Kier alpha value is -3.31. The molecule has 2 unspecified atom stereocenters. The van der Waals surface area contributed by atoms with Crippen molar-refractivity contribution in [3.63, 3.8) is 0 Å². The molecule has 1 saturated heterocycles. The van der Waals surface area contributed by atoms with E-state index in [1.54, 1.807) is 29.2 Å². The van der Waals surface area contributed by atoms with Gasteiger partial charge in [-0.15, -0.1) is 0 Å². The predicted molar refractivity (Wildman–Crippen MR) is 116 cm³/mol. The van der Waals surface area contributed by atoms with E-state index in [0.717, 1.165) is 12.8 Å². The number of primary amides is 1. The number of rotatable bonds is 5. The summed E-state index contributed by atoms with van der Waals surface area (Å²) < 4.78 is 24.3. The molecule has 11 heteroatoms. The molecule has 10 nitrogen and oxygen atoms in total. The van der Waals surface area contributed by atoms with E-state index in [2.05, 4.69) is 14.1 Å². The molecule has 2 amide bonds. The number of carbonyl (C=O) groups excluding carboxylic acids is 2. The van der Waals surface area contributed by atoms with E-state index in [0.29, 0.717) is 42.3 Å². The largest absolute Gasteiger partial charge is 0.566 e. The van der Waals surface area contributed by atoms with Gasteiger partial charge in [0.25, 0.3) is 11.8 Å². The van der Waals surface area contributed by atoms with Gasteiger partial charge in [0.2, 0.25) is 11.5 Å². The topological polar surface area (TPSA) is 159 Å². The fraction of sp³-hybridized carbons (Fsp3) is 0.300. The number of pyridine rings is 1. The van der Waals surface area contributed by atoms with Crippen molar-refractivity contribution in [1.82, 2.24) is 9.88 Å². The van der Waals surface area contributed by atoms with Crippen LogP contribution in [-0.2, 0) is 11.5 Å². The molecule has 2 atom stereocenters. The first-order chi connectivity index (χ1) is 14.9. The average Bonchev–Trinajstić information content (AvgIpc) is 2.77. The van der Waals surface area contributed by atoms with E-state index in [9.17, 15) is 14.1 Å². The van der Waals surface area contributed by atoms with Crippen molar-refractivity contribution < 1.29 is 18.9 Å². The minimum atomic E-state index is -1.60. The highest BCUT2D eigenvalue weighted by molar-refractivity contribution is 7.91. The third kappa shape index (κ3) is 4.57. The standard InChI is InChI=1S/C20H22N6O4S/c21-18-17-14(24-31(29)25-18)4-1-5-16(17)30-11-12-3-2-8-26(10-12)20(28)13-6-7-23-15(9-13)19(22)27/h1,4-7,9,12,24H,2-3,8,10-11H2,(H2,21,25)(H2,22,27). The van der Waals surface area contributed by atoms with Crippen LogP contribution in [0.25, 0.3) is 0 Å². The number of piperidine rings is 1. The van der Waals surface area contributed by atoms with Crippen molar-refractivity contribution in [3.05, 3.63) is 53.3 Å². The number of hydrogen-bond acceptors (Lipinski definition) is 8. The van der Waals surface area contributed by atoms with Gasteiger partial charge < -0.3 is 25.7 Å². The van der Waals surface area contributed by atoms with Crippen LogP contribution in [0.4, 0.5) is 5.69 Å². The maximum atomic E-state index is 12.9. The highest BCUT2D eigenvalue weighted by Crippen LogP contribution is 2.31. The summed E-state index contributed by atoms with van der Waals surface area (Å²) in [5, 5.41) is 0. The molecule has 0 radical (unpaired) electrons. The Kier molecular flexibility index (Phi) is 5.96. The number of nitrogens with two attached hydrogens (primary N) is 2. The molecule has 1 fully saturated rings. The van der Waals surface area contributed by atoms with Gasteiger partial charge >= 0.3 is 0 Å². The number of fused-ring (bicyclic) bond motifs is 1. The summed E-state index contributed by atoms with van der Waals surface area (Å²) in [6.07, 6.45) is 3.15. The number of anilines is 1. The molecule has 0 bridgehead atoms. The number of hydrogen-bond donors (Lipinski definition) is 3. The smallest absolute Gasteiger partial charge is 0.267 e. The lowest BCUT2D eigenvalue weighted by molar-refractivity contribution is 0.0633. The van der Waals surface area contributed by atoms with Crippen LogP contribution in [0, 0.1) is 5.92 Å². The molecule has 1 aromatic heterocycles. The van der Waals surface area contributed by atoms with Crippen LogP contribution in [-0.4, -0.2) is 51.8 Å². The van der Waals surface area contributed by atoms with Crippen molar-refractivity contribution in [2.45, 2.75) is 12.8 Å². The molecular formula is C20H22N6O4S. The van der Waals surface area contributed by atoms with Gasteiger partial charge in [0, 0.05) is 30.8 Å². The van der Waals surface area contributed by atoms with E-state index in [-0.39, 0.29) is 23.4 Å². The van der Waals surface area contributed by atoms with Gasteiger partial charge in [-0.05, 0) is 41.5 Å². The summed E-state index contributed by atoms with van der Waals surface area (Å²) in [5.74, 6) is -0.0193. The monoisotopic (exact) mass is 442 g/mol. The summed E-state index contributed by atoms with van der Waals surface area (Å²) in [7, 11) is 0. The Bertz CT molecular complexity index is 1050. The summed E-state index contributed by atoms with van der Waals surface area (Å²) in [6, 6.07) is 8.32. The first kappa shape index (κ1) is 20.9. The Balaban J connectivity index is 1.42. The van der Waals surface area contributed by atoms with Crippen LogP contribution in [0.2, 0.25) is 0 Å². The minimum absolute atomic E-state index is 0.0605. The third-order valence-corrected chi connectivity index (χ3v) is 5.96. The zero-order chi connectivity index (χ0) is 22.0. The number of nitrogens with zero attached hydrogens (tertiary/aromatic N) is 3. The average molecular weight is 443 g/mol. The minimum Gasteiger partial charge on any atom is -0.566 e. The molecule has 1 aromatic carbocycles. The zero-order valence-corrected chi connectivity index (χ0v) is 17.4. The Labute approximate surface area is 182 Å². The van der Waals surface area contributed by atoms with Crippen LogP contribution < -0.4 is 20.9 Å².